The van der Waals surface area contributed by atoms with E-state index in [-0.39, 0.29) is 6.61 Å². The largest absolute Gasteiger partial charge is 0.394 e. The lowest BCUT2D eigenvalue weighted by molar-refractivity contribution is 0.212. The van der Waals surface area contributed by atoms with E-state index in [1.54, 1.807) is 12.3 Å². The Labute approximate surface area is 133 Å². The number of anilines is 2. The molecule has 0 aliphatic carbocycles. The second-order valence-electron chi connectivity index (χ2n) is 5.56. The van der Waals surface area contributed by atoms with Crippen molar-refractivity contribution in [1.82, 2.24) is 9.97 Å². The first kappa shape index (κ1) is 16.0. The fourth-order valence-electron chi connectivity index (χ4n) is 2.28. The van der Waals surface area contributed by atoms with Crippen molar-refractivity contribution < 1.29 is 5.11 Å². The molecule has 0 radical (unpaired) electrons. The first-order chi connectivity index (χ1) is 9.97. The number of rotatable bonds is 6. The number of hydrogen-bond donors (Lipinski definition) is 3. The number of nitrogens with zero attached hydrogens (tertiary/aromatic N) is 2. The van der Waals surface area contributed by atoms with E-state index in [0.717, 1.165) is 40.5 Å². The molecular formula is C15H21BrN4O. The van der Waals surface area contributed by atoms with Gasteiger partial charge in [0, 0.05) is 16.7 Å². The standard InChI is InChI=1S/C15H21BrN4O/c1-3-4-5-15(2,9-21)20-12-7-13(17)19-11-6-10(16)8-18-14(11)12/h6-8,21H,3-5,9H2,1-2H3,(H3,17,19,20). The molecule has 0 aliphatic heterocycles. The zero-order valence-corrected chi connectivity index (χ0v) is 13.9. The molecule has 2 rings (SSSR count). The number of nitrogens with two attached hydrogens (primary N) is 1. The van der Waals surface area contributed by atoms with Gasteiger partial charge in [-0.2, -0.15) is 0 Å². The number of aliphatic hydroxyl groups is 1. The molecular weight excluding hydrogens is 332 g/mol. The highest BCUT2D eigenvalue weighted by Crippen LogP contribution is 2.28. The Morgan fingerprint density at radius 3 is 2.86 bits per heavy atom. The molecule has 0 amide bonds. The summed E-state index contributed by atoms with van der Waals surface area (Å²) in [4.78, 5) is 8.71. The van der Waals surface area contributed by atoms with Crippen LogP contribution < -0.4 is 11.1 Å². The summed E-state index contributed by atoms with van der Waals surface area (Å²) in [6, 6.07) is 3.65. The number of aromatic nitrogens is 2. The predicted octanol–water partition coefficient (Wildman–Crippen LogP) is 3.33. The van der Waals surface area contributed by atoms with Gasteiger partial charge in [-0.05, 0) is 35.3 Å². The van der Waals surface area contributed by atoms with Crippen molar-refractivity contribution in [2.75, 3.05) is 17.7 Å². The maximum atomic E-state index is 9.72. The fraction of sp³-hybridized carbons (Fsp3) is 0.467. The summed E-state index contributed by atoms with van der Waals surface area (Å²) in [5.74, 6) is 0.431. The third-order valence-corrected chi connectivity index (χ3v) is 3.93. The van der Waals surface area contributed by atoms with Crippen LogP contribution >= 0.6 is 15.9 Å². The van der Waals surface area contributed by atoms with Crippen LogP contribution in [0.5, 0.6) is 0 Å². The number of nitrogens with one attached hydrogen (secondary N) is 1. The topological polar surface area (TPSA) is 84.1 Å². The van der Waals surface area contributed by atoms with Crippen LogP contribution in [0.25, 0.3) is 11.0 Å². The Balaban J connectivity index is 2.41. The first-order valence-electron chi connectivity index (χ1n) is 7.08. The lowest BCUT2D eigenvalue weighted by Crippen LogP contribution is -2.38. The van der Waals surface area contributed by atoms with Gasteiger partial charge in [-0.25, -0.2) is 4.98 Å². The molecule has 0 bridgehead atoms. The molecule has 6 heteroatoms. The third kappa shape index (κ3) is 3.83. The molecule has 0 spiro atoms. The van der Waals surface area contributed by atoms with Crippen LogP contribution in [-0.2, 0) is 0 Å². The smallest absolute Gasteiger partial charge is 0.126 e. The van der Waals surface area contributed by atoms with Crippen LogP contribution in [0, 0.1) is 0 Å². The molecule has 2 heterocycles. The summed E-state index contributed by atoms with van der Waals surface area (Å²) in [5.41, 5.74) is 7.76. The van der Waals surface area contributed by atoms with E-state index in [0.29, 0.717) is 5.82 Å². The summed E-state index contributed by atoms with van der Waals surface area (Å²) in [6.45, 7) is 4.19. The van der Waals surface area contributed by atoms with Gasteiger partial charge in [0.15, 0.2) is 0 Å². The van der Waals surface area contributed by atoms with Gasteiger partial charge in [-0.15, -0.1) is 0 Å². The van der Waals surface area contributed by atoms with Gasteiger partial charge in [0.25, 0.3) is 0 Å². The minimum atomic E-state index is -0.397. The summed E-state index contributed by atoms with van der Waals surface area (Å²) >= 11 is 3.39. The van der Waals surface area contributed by atoms with E-state index < -0.39 is 5.54 Å². The van der Waals surface area contributed by atoms with Gasteiger partial charge in [0.2, 0.25) is 0 Å². The van der Waals surface area contributed by atoms with Gasteiger partial charge < -0.3 is 16.2 Å². The molecule has 114 valence electrons. The van der Waals surface area contributed by atoms with Crippen LogP contribution in [0.15, 0.2) is 22.8 Å². The lowest BCUT2D eigenvalue weighted by atomic mass is 9.95. The average Bonchev–Trinajstić information content (AvgIpc) is 2.44. The zero-order chi connectivity index (χ0) is 15.5. The van der Waals surface area contributed by atoms with Crippen LogP contribution in [0.2, 0.25) is 0 Å². The molecule has 2 aromatic heterocycles. The van der Waals surface area contributed by atoms with Crippen LogP contribution in [0.3, 0.4) is 0 Å². The molecule has 0 fully saturated rings. The Morgan fingerprint density at radius 2 is 2.19 bits per heavy atom. The Hall–Kier alpha value is -1.40. The monoisotopic (exact) mass is 352 g/mol. The van der Waals surface area contributed by atoms with Gasteiger partial charge >= 0.3 is 0 Å². The van der Waals surface area contributed by atoms with Crippen molar-refractivity contribution in [1.29, 1.82) is 0 Å². The van der Waals surface area contributed by atoms with Crippen LogP contribution in [-0.4, -0.2) is 27.2 Å². The quantitative estimate of drug-likeness (QED) is 0.742. The summed E-state index contributed by atoms with van der Waals surface area (Å²) in [5, 5.41) is 13.1. The highest BCUT2D eigenvalue weighted by molar-refractivity contribution is 9.10. The van der Waals surface area contributed by atoms with Crippen LogP contribution in [0.4, 0.5) is 11.5 Å². The molecule has 2 aromatic rings. The minimum absolute atomic E-state index is 0.0489. The van der Waals surface area contributed by atoms with Gasteiger partial charge in [0.1, 0.15) is 11.3 Å². The number of aliphatic hydroxyl groups excluding tert-OH is 1. The van der Waals surface area contributed by atoms with E-state index >= 15 is 0 Å². The van der Waals surface area contributed by atoms with E-state index in [1.165, 1.54) is 0 Å². The third-order valence-electron chi connectivity index (χ3n) is 3.50. The van der Waals surface area contributed by atoms with E-state index in [2.05, 4.69) is 38.1 Å². The summed E-state index contributed by atoms with van der Waals surface area (Å²) in [6.07, 6.45) is 4.73. The van der Waals surface area contributed by atoms with Crippen molar-refractivity contribution >= 4 is 38.5 Å². The Morgan fingerprint density at radius 1 is 1.43 bits per heavy atom. The number of nitrogen functional groups attached to an aromatic ring is 1. The van der Waals surface area contributed by atoms with E-state index in [4.69, 9.17) is 5.73 Å². The molecule has 0 saturated carbocycles. The number of halogens is 1. The molecule has 21 heavy (non-hydrogen) atoms. The first-order valence-corrected chi connectivity index (χ1v) is 7.87. The zero-order valence-electron chi connectivity index (χ0n) is 12.4. The summed E-state index contributed by atoms with van der Waals surface area (Å²) in [7, 11) is 0. The predicted molar refractivity (Wildman–Crippen MR) is 90.3 cm³/mol. The molecule has 1 atom stereocenters. The second kappa shape index (κ2) is 6.58. The maximum Gasteiger partial charge on any atom is 0.126 e. The van der Waals surface area contributed by atoms with E-state index in [9.17, 15) is 5.11 Å². The highest BCUT2D eigenvalue weighted by atomic mass is 79.9. The summed E-state index contributed by atoms with van der Waals surface area (Å²) < 4.78 is 0.856. The minimum Gasteiger partial charge on any atom is -0.394 e. The number of unbranched alkanes of at least 4 members (excludes halogenated alkanes) is 1. The lowest BCUT2D eigenvalue weighted by Gasteiger charge is -2.30. The van der Waals surface area contributed by atoms with Crippen molar-refractivity contribution in [2.24, 2.45) is 0 Å². The molecule has 0 aromatic carbocycles. The maximum absolute atomic E-state index is 9.72. The van der Waals surface area contributed by atoms with Gasteiger partial charge in [-0.3, -0.25) is 4.98 Å². The average molecular weight is 353 g/mol. The highest BCUT2D eigenvalue weighted by Gasteiger charge is 2.23. The number of hydrogen-bond acceptors (Lipinski definition) is 5. The number of fused-ring (bicyclic) bond motifs is 1. The molecule has 1 unspecified atom stereocenters. The van der Waals surface area contributed by atoms with Crippen molar-refractivity contribution in [3.8, 4) is 0 Å². The normalized spacial score (nSPS) is 14.1. The van der Waals surface area contributed by atoms with Gasteiger partial charge in [0.05, 0.1) is 23.3 Å². The second-order valence-corrected chi connectivity index (χ2v) is 6.48. The Bertz CT molecular complexity index is 629. The van der Waals surface area contributed by atoms with Gasteiger partial charge in [-0.1, -0.05) is 19.8 Å². The molecule has 0 saturated heterocycles. The molecule has 5 nitrogen and oxygen atoms in total. The van der Waals surface area contributed by atoms with E-state index in [1.807, 2.05) is 13.0 Å². The van der Waals surface area contributed by atoms with Crippen molar-refractivity contribution in [3.63, 3.8) is 0 Å². The van der Waals surface area contributed by atoms with Crippen LogP contribution in [0.1, 0.15) is 33.1 Å². The molecule has 4 N–H and O–H groups in total. The van der Waals surface area contributed by atoms with Crippen molar-refractivity contribution in [2.45, 2.75) is 38.6 Å². The number of pyridine rings is 2. The fourth-order valence-corrected chi connectivity index (χ4v) is 2.60. The SMILES string of the molecule is CCCCC(C)(CO)Nc1cc(N)nc2cc(Br)cnc12. The molecule has 0 aliphatic rings. The Kier molecular flexibility index (Phi) is 5.00. The van der Waals surface area contributed by atoms with Crippen molar-refractivity contribution in [3.05, 3.63) is 22.8 Å².